The quantitative estimate of drug-likeness (QED) is 0.377. The van der Waals surface area contributed by atoms with Gasteiger partial charge in [-0.05, 0) is 24.5 Å². The molecule has 0 radical (unpaired) electrons. The van der Waals surface area contributed by atoms with Gasteiger partial charge in [-0.25, -0.2) is 4.98 Å². The Morgan fingerprint density at radius 2 is 1.68 bits per heavy atom. The maximum atomic E-state index is 13.3. The molecule has 4 heteroatoms. The first kappa shape index (κ1) is 17.0. The number of nitrogens with zero attached hydrogens (tertiary/aromatic N) is 2. The van der Waals surface area contributed by atoms with E-state index in [4.69, 9.17) is 4.98 Å². The largest absolute Gasteiger partial charge is 0.268 e. The van der Waals surface area contributed by atoms with E-state index in [1.807, 2.05) is 66.9 Å². The van der Waals surface area contributed by atoms with Gasteiger partial charge in [-0.3, -0.25) is 9.36 Å². The molecule has 124 valence electrons. The van der Waals surface area contributed by atoms with E-state index in [1.165, 1.54) is 11.8 Å². The van der Waals surface area contributed by atoms with E-state index in [2.05, 4.69) is 6.58 Å². The van der Waals surface area contributed by atoms with Crippen LogP contribution in [0.15, 0.2) is 89.3 Å². The van der Waals surface area contributed by atoms with Gasteiger partial charge >= 0.3 is 0 Å². The normalized spacial score (nSPS) is 10.9. The lowest BCUT2D eigenvalue weighted by molar-refractivity contribution is 0.798. The molecule has 0 saturated heterocycles. The Bertz CT molecular complexity index is 960. The Hall–Kier alpha value is -2.85. The van der Waals surface area contributed by atoms with Gasteiger partial charge < -0.3 is 0 Å². The summed E-state index contributed by atoms with van der Waals surface area (Å²) < 4.78 is 1.65. The fourth-order valence-electron chi connectivity index (χ4n) is 2.59. The third kappa shape index (κ3) is 3.49. The van der Waals surface area contributed by atoms with Crippen LogP contribution in [0.1, 0.15) is 5.56 Å². The second-order valence-electron chi connectivity index (χ2n) is 5.30. The molecular weight excluding hydrogens is 328 g/mol. The van der Waals surface area contributed by atoms with Crippen LogP contribution in [-0.2, 0) is 0 Å². The molecule has 1 heterocycles. The Kier molecular flexibility index (Phi) is 5.31. The molecule has 0 aliphatic heterocycles. The zero-order chi connectivity index (χ0) is 17.6. The molecular formula is C21H18N2OS. The Morgan fingerprint density at radius 3 is 2.28 bits per heavy atom. The summed E-state index contributed by atoms with van der Waals surface area (Å²) in [4.78, 5) is 18.1. The van der Waals surface area contributed by atoms with Crippen LogP contribution in [-0.4, -0.2) is 15.8 Å². The summed E-state index contributed by atoms with van der Waals surface area (Å²) >= 11 is 1.45. The number of rotatable bonds is 5. The maximum absolute atomic E-state index is 13.3. The van der Waals surface area contributed by atoms with Crippen LogP contribution >= 0.6 is 11.8 Å². The molecule has 2 aromatic carbocycles. The molecule has 0 spiro atoms. The number of para-hydroxylation sites is 1. The summed E-state index contributed by atoms with van der Waals surface area (Å²) in [7, 11) is 0. The fraction of sp³-hybridized carbons (Fsp3) is 0.0476. The van der Waals surface area contributed by atoms with E-state index in [-0.39, 0.29) is 5.56 Å². The van der Waals surface area contributed by atoms with Crippen molar-refractivity contribution in [1.29, 1.82) is 0 Å². The van der Waals surface area contributed by atoms with Crippen LogP contribution in [0.3, 0.4) is 0 Å². The monoisotopic (exact) mass is 346 g/mol. The first-order valence-electron chi connectivity index (χ1n) is 7.87. The summed E-state index contributed by atoms with van der Waals surface area (Å²) in [5.74, 6) is 0. The average molecular weight is 346 g/mol. The molecule has 3 rings (SSSR count). The molecule has 0 bridgehead atoms. The van der Waals surface area contributed by atoms with Gasteiger partial charge in [0.25, 0.3) is 5.56 Å². The molecule has 25 heavy (non-hydrogen) atoms. The summed E-state index contributed by atoms with van der Waals surface area (Å²) in [6.45, 7) is 3.70. The summed E-state index contributed by atoms with van der Waals surface area (Å²) in [5, 5.41) is 0.658. The predicted octanol–water partition coefficient (Wildman–Crippen LogP) is 4.82. The maximum Gasteiger partial charge on any atom is 0.266 e. The zero-order valence-corrected chi connectivity index (χ0v) is 14.7. The number of hydrogen-bond donors (Lipinski definition) is 0. The minimum Gasteiger partial charge on any atom is -0.268 e. The van der Waals surface area contributed by atoms with Gasteiger partial charge in [0.2, 0.25) is 0 Å². The molecule has 0 aliphatic carbocycles. The minimum absolute atomic E-state index is 0.0949. The molecule has 0 amide bonds. The molecule has 0 atom stereocenters. The lowest BCUT2D eigenvalue weighted by Gasteiger charge is -2.14. The van der Waals surface area contributed by atoms with Gasteiger partial charge in [-0.1, -0.05) is 79.0 Å². The van der Waals surface area contributed by atoms with Crippen molar-refractivity contribution in [3.8, 4) is 16.9 Å². The number of benzene rings is 2. The van der Waals surface area contributed by atoms with Crippen molar-refractivity contribution in [2.24, 2.45) is 0 Å². The summed E-state index contributed by atoms with van der Waals surface area (Å²) in [6, 6.07) is 19.3. The number of thioether (sulfide) groups is 1. The van der Waals surface area contributed by atoms with E-state index in [0.29, 0.717) is 16.4 Å². The second kappa shape index (κ2) is 7.81. The molecule has 0 saturated carbocycles. The Balaban J connectivity index is 2.35. The average Bonchev–Trinajstić information content (AvgIpc) is 2.67. The molecule has 0 aliphatic rings. The van der Waals surface area contributed by atoms with Gasteiger partial charge in [0.05, 0.1) is 16.9 Å². The molecule has 3 aromatic rings. The van der Waals surface area contributed by atoms with Crippen LogP contribution < -0.4 is 5.56 Å². The lowest BCUT2D eigenvalue weighted by Crippen LogP contribution is -2.24. The van der Waals surface area contributed by atoms with Crippen molar-refractivity contribution < 1.29 is 0 Å². The summed E-state index contributed by atoms with van der Waals surface area (Å²) in [5.41, 5.74) is 2.85. The molecule has 0 N–H and O–H groups in total. The van der Waals surface area contributed by atoms with Crippen LogP contribution in [0.25, 0.3) is 23.0 Å². The van der Waals surface area contributed by atoms with Gasteiger partial charge in [-0.15, -0.1) is 0 Å². The standard InChI is InChI=1S/C21H18N2OS/c1-3-4-15-18-19(16-11-7-5-8-12-16)22-21(25-2)23(20(18)24)17-13-9-6-10-14-17/h3-15H,1H2,2H3/b15-4+. The van der Waals surface area contributed by atoms with E-state index < -0.39 is 0 Å². The third-order valence-corrected chi connectivity index (χ3v) is 4.37. The van der Waals surface area contributed by atoms with Crippen LogP contribution in [0.5, 0.6) is 0 Å². The van der Waals surface area contributed by atoms with E-state index in [0.717, 1.165) is 11.3 Å². The van der Waals surface area contributed by atoms with Crippen LogP contribution in [0.2, 0.25) is 0 Å². The van der Waals surface area contributed by atoms with Crippen molar-refractivity contribution in [3.05, 3.63) is 95.3 Å². The molecule has 3 nitrogen and oxygen atoms in total. The van der Waals surface area contributed by atoms with Crippen LogP contribution in [0.4, 0.5) is 0 Å². The first-order chi connectivity index (χ1) is 12.3. The summed E-state index contributed by atoms with van der Waals surface area (Å²) in [6.07, 6.45) is 7.12. The highest BCUT2D eigenvalue weighted by Crippen LogP contribution is 2.25. The highest BCUT2D eigenvalue weighted by Gasteiger charge is 2.16. The van der Waals surface area contributed by atoms with E-state index >= 15 is 0 Å². The van der Waals surface area contributed by atoms with Crippen molar-refractivity contribution in [2.45, 2.75) is 5.16 Å². The first-order valence-corrected chi connectivity index (χ1v) is 9.09. The highest BCUT2D eigenvalue weighted by atomic mass is 32.2. The minimum atomic E-state index is -0.0949. The smallest absolute Gasteiger partial charge is 0.266 e. The van der Waals surface area contributed by atoms with Gasteiger partial charge in [0, 0.05) is 5.56 Å². The van der Waals surface area contributed by atoms with Gasteiger partial charge in [0.15, 0.2) is 5.16 Å². The van der Waals surface area contributed by atoms with Gasteiger partial charge in [-0.2, -0.15) is 0 Å². The van der Waals surface area contributed by atoms with Crippen molar-refractivity contribution in [3.63, 3.8) is 0 Å². The lowest BCUT2D eigenvalue weighted by atomic mass is 10.1. The zero-order valence-electron chi connectivity index (χ0n) is 13.9. The Labute approximate surface area is 151 Å². The van der Waals surface area contributed by atoms with Crippen LogP contribution in [0, 0.1) is 0 Å². The molecule has 1 aromatic heterocycles. The number of aromatic nitrogens is 2. The fourth-order valence-corrected chi connectivity index (χ4v) is 3.14. The highest BCUT2D eigenvalue weighted by molar-refractivity contribution is 7.98. The molecule has 0 fully saturated rings. The van der Waals surface area contributed by atoms with E-state index in [1.54, 1.807) is 22.8 Å². The number of hydrogen-bond acceptors (Lipinski definition) is 3. The SMILES string of the molecule is C=C/C=C/c1c(-c2ccccc2)nc(SC)n(-c2ccccc2)c1=O. The number of allylic oxidation sites excluding steroid dienone is 2. The topological polar surface area (TPSA) is 34.9 Å². The van der Waals surface area contributed by atoms with Crippen molar-refractivity contribution in [2.75, 3.05) is 6.26 Å². The Morgan fingerprint density at radius 1 is 1.04 bits per heavy atom. The van der Waals surface area contributed by atoms with Crippen molar-refractivity contribution in [1.82, 2.24) is 9.55 Å². The van der Waals surface area contributed by atoms with E-state index in [9.17, 15) is 4.79 Å². The van der Waals surface area contributed by atoms with Gasteiger partial charge in [0.1, 0.15) is 0 Å². The second-order valence-corrected chi connectivity index (χ2v) is 6.07. The predicted molar refractivity (Wildman–Crippen MR) is 106 cm³/mol. The molecule has 0 unspecified atom stereocenters. The van der Waals surface area contributed by atoms with Crippen molar-refractivity contribution >= 4 is 17.8 Å². The third-order valence-electron chi connectivity index (χ3n) is 3.73.